The summed E-state index contributed by atoms with van der Waals surface area (Å²) in [5, 5.41) is 5.16. The van der Waals surface area contributed by atoms with Gasteiger partial charge in [0.2, 0.25) is 5.82 Å². The van der Waals surface area contributed by atoms with Gasteiger partial charge in [-0.3, -0.25) is 0 Å². The average Bonchev–Trinajstić information content (AvgIpc) is 2.94. The lowest BCUT2D eigenvalue weighted by Gasteiger charge is -1.94. The number of benzene rings is 1. The van der Waals surface area contributed by atoms with Crippen molar-refractivity contribution >= 4 is 38.8 Å². The van der Waals surface area contributed by atoms with Crippen LogP contribution < -0.4 is 5.73 Å². The number of para-hydroxylation sites is 1. The second-order valence-electron chi connectivity index (χ2n) is 3.71. The molecule has 0 atom stereocenters. The van der Waals surface area contributed by atoms with Gasteiger partial charge in [-0.25, -0.2) is 14.6 Å². The van der Waals surface area contributed by atoms with Crippen LogP contribution in [0.2, 0.25) is 0 Å². The zero-order chi connectivity index (χ0) is 12.5. The third-order valence-electron chi connectivity index (χ3n) is 2.39. The first-order chi connectivity index (χ1) is 8.72. The van der Waals surface area contributed by atoms with Crippen molar-refractivity contribution in [2.45, 2.75) is 6.54 Å². The van der Waals surface area contributed by atoms with Crippen molar-refractivity contribution in [3.8, 4) is 0 Å². The second kappa shape index (κ2) is 4.43. The Balaban J connectivity index is 1.88. The van der Waals surface area contributed by atoms with Crippen molar-refractivity contribution in [2.75, 3.05) is 0 Å². The number of thiocarbonyl (C=S) groups is 1. The van der Waals surface area contributed by atoms with Crippen LogP contribution in [0.1, 0.15) is 10.8 Å². The van der Waals surface area contributed by atoms with E-state index in [2.05, 4.69) is 21.1 Å². The van der Waals surface area contributed by atoms with Crippen LogP contribution >= 0.6 is 23.6 Å². The van der Waals surface area contributed by atoms with E-state index >= 15 is 0 Å². The van der Waals surface area contributed by atoms with Gasteiger partial charge in [0, 0.05) is 0 Å². The first-order valence-electron chi connectivity index (χ1n) is 5.26. The maximum Gasteiger partial charge on any atom is 0.208 e. The number of hydrogen-bond donors (Lipinski definition) is 1. The van der Waals surface area contributed by atoms with E-state index < -0.39 is 0 Å². The number of thiazole rings is 1. The molecule has 0 aliphatic heterocycles. The van der Waals surface area contributed by atoms with Crippen LogP contribution in [0.25, 0.3) is 10.2 Å². The smallest absolute Gasteiger partial charge is 0.208 e. The Morgan fingerprint density at radius 1 is 1.39 bits per heavy atom. The summed E-state index contributed by atoms with van der Waals surface area (Å²) >= 11 is 6.46. The van der Waals surface area contributed by atoms with Gasteiger partial charge < -0.3 is 5.73 Å². The molecular formula is C11H9N5S2. The summed E-state index contributed by atoms with van der Waals surface area (Å²) in [6.07, 6.45) is 1.61. The highest BCUT2D eigenvalue weighted by molar-refractivity contribution is 7.80. The number of fused-ring (bicyclic) bond motifs is 1. The number of aromatic nitrogens is 4. The van der Waals surface area contributed by atoms with E-state index in [4.69, 9.17) is 18.0 Å². The Bertz CT molecular complexity index is 682. The van der Waals surface area contributed by atoms with Crippen LogP contribution in [0.4, 0.5) is 0 Å². The SMILES string of the molecule is NC(=S)c1ncn(Cc2nc3ccccc3s2)n1. The van der Waals surface area contributed by atoms with Crippen LogP contribution in [0, 0.1) is 0 Å². The molecule has 0 bridgehead atoms. The quantitative estimate of drug-likeness (QED) is 0.735. The number of nitrogens with zero attached hydrogens (tertiary/aromatic N) is 4. The second-order valence-corrected chi connectivity index (χ2v) is 5.26. The Hall–Kier alpha value is -1.86. The van der Waals surface area contributed by atoms with Gasteiger partial charge in [-0.05, 0) is 12.1 Å². The predicted octanol–water partition coefficient (Wildman–Crippen LogP) is 1.57. The van der Waals surface area contributed by atoms with Crippen LogP contribution in [0.3, 0.4) is 0 Å². The highest BCUT2D eigenvalue weighted by Gasteiger charge is 2.07. The first-order valence-corrected chi connectivity index (χ1v) is 6.48. The molecule has 0 radical (unpaired) electrons. The van der Waals surface area contributed by atoms with Crippen molar-refractivity contribution in [3.05, 3.63) is 41.4 Å². The molecule has 5 nitrogen and oxygen atoms in total. The molecule has 3 aromatic rings. The van der Waals surface area contributed by atoms with Crippen molar-refractivity contribution in [2.24, 2.45) is 5.73 Å². The molecular weight excluding hydrogens is 266 g/mol. The van der Waals surface area contributed by atoms with Crippen LogP contribution in [-0.4, -0.2) is 24.7 Å². The molecule has 0 aliphatic rings. The molecule has 0 amide bonds. The Labute approximate surface area is 112 Å². The van der Waals surface area contributed by atoms with E-state index in [1.54, 1.807) is 22.3 Å². The van der Waals surface area contributed by atoms with Gasteiger partial charge >= 0.3 is 0 Å². The molecule has 1 aromatic carbocycles. The fourth-order valence-corrected chi connectivity index (χ4v) is 2.66. The summed E-state index contributed by atoms with van der Waals surface area (Å²) in [5.74, 6) is 0.395. The minimum Gasteiger partial charge on any atom is -0.387 e. The molecule has 0 spiro atoms. The van der Waals surface area contributed by atoms with E-state index in [1.165, 1.54) is 4.70 Å². The lowest BCUT2D eigenvalue weighted by Crippen LogP contribution is -2.12. The molecule has 3 rings (SSSR count). The van der Waals surface area contributed by atoms with Crippen molar-refractivity contribution in [1.82, 2.24) is 19.7 Å². The molecule has 0 saturated carbocycles. The minimum atomic E-state index is 0.207. The lowest BCUT2D eigenvalue weighted by molar-refractivity contribution is 0.681. The molecule has 90 valence electrons. The summed E-state index contributed by atoms with van der Waals surface area (Å²) in [6.45, 7) is 0.578. The Morgan fingerprint density at radius 3 is 2.94 bits per heavy atom. The minimum absolute atomic E-state index is 0.207. The highest BCUT2D eigenvalue weighted by Crippen LogP contribution is 2.21. The van der Waals surface area contributed by atoms with Crippen LogP contribution in [-0.2, 0) is 6.54 Å². The molecule has 2 N–H and O–H groups in total. The molecule has 2 heterocycles. The van der Waals surface area contributed by atoms with E-state index in [9.17, 15) is 0 Å². The average molecular weight is 275 g/mol. The van der Waals surface area contributed by atoms with Gasteiger partial charge in [0.25, 0.3) is 0 Å². The summed E-state index contributed by atoms with van der Waals surface area (Å²) in [4.78, 5) is 8.76. The van der Waals surface area contributed by atoms with Gasteiger partial charge in [-0.2, -0.15) is 0 Å². The van der Waals surface area contributed by atoms with Crippen molar-refractivity contribution < 1.29 is 0 Å². The van der Waals surface area contributed by atoms with Gasteiger partial charge in [0.1, 0.15) is 16.3 Å². The predicted molar refractivity (Wildman–Crippen MR) is 74.6 cm³/mol. The van der Waals surface area contributed by atoms with Crippen molar-refractivity contribution in [1.29, 1.82) is 0 Å². The summed E-state index contributed by atoms with van der Waals surface area (Å²) in [6, 6.07) is 8.03. The summed E-state index contributed by atoms with van der Waals surface area (Å²) < 4.78 is 2.86. The maximum absolute atomic E-state index is 5.46. The van der Waals surface area contributed by atoms with Gasteiger partial charge in [-0.1, -0.05) is 24.4 Å². The zero-order valence-corrected chi connectivity index (χ0v) is 10.9. The van der Waals surface area contributed by atoms with Crippen LogP contribution in [0.15, 0.2) is 30.6 Å². The number of rotatable bonds is 3. The molecule has 0 unspecified atom stereocenters. The van der Waals surface area contributed by atoms with Crippen LogP contribution in [0.5, 0.6) is 0 Å². The van der Waals surface area contributed by atoms with E-state index in [0.717, 1.165) is 10.5 Å². The van der Waals surface area contributed by atoms with Gasteiger partial charge in [-0.15, -0.1) is 16.4 Å². The normalized spacial score (nSPS) is 10.9. The fraction of sp³-hybridized carbons (Fsp3) is 0.0909. The van der Waals surface area contributed by atoms with E-state index in [0.29, 0.717) is 12.4 Å². The lowest BCUT2D eigenvalue weighted by atomic mass is 10.3. The standard InChI is InChI=1S/C11H9N5S2/c12-10(17)11-13-6-16(15-11)5-9-14-7-3-1-2-4-8(7)18-9/h1-4,6H,5H2,(H2,12,17). The summed E-state index contributed by atoms with van der Waals surface area (Å²) in [7, 11) is 0. The van der Waals surface area contributed by atoms with E-state index in [1.807, 2.05) is 18.2 Å². The molecule has 0 aliphatic carbocycles. The van der Waals surface area contributed by atoms with Gasteiger partial charge in [0.05, 0.1) is 16.8 Å². The van der Waals surface area contributed by atoms with Crippen molar-refractivity contribution in [3.63, 3.8) is 0 Å². The third-order valence-corrected chi connectivity index (χ3v) is 3.60. The molecule has 7 heteroatoms. The highest BCUT2D eigenvalue weighted by atomic mass is 32.1. The fourth-order valence-electron chi connectivity index (χ4n) is 1.61. The Kier molecular flexibility index (Phi) is 2.77. The largest absolute Gasteiger partial charge is 0.387 e. The third kappa shape index (κ3) is 2.09. The van der Waals surface area contributed by atoms with E-state index in [-0.39, 0.29) is 4.99 Å². The summed E-state index contributed by atoms with van der Waals surface area (Å²) in [5.41, 5.74) is 6.47. The number of hydrogen-bond acceptors (Lipinski definition) is 5. The molecule has 0 saturated heterocycles. The molecule has 0 fully saturated rings. The Morgan fingerprint density at radius 2 is 2.22 bits per heavy atom. The first kappa shape index (κ1) is 11.2. The topological polar surface area (TPSA) is 69.6 Å². The monoisotopic (exact) mass is 275 g/mol. The maximum atomic E-state index is 5.46. The molecule has 2 aromatic heterocycles. The van der Waals surface area contributed by atoms with Gasteiger partial charge in [0.15, 0.2) is 0 Å². The number of nitrogens with two attached hydrogens (primary N) is 1. The molecule has 18 heavy (non-hydrogen) atoms. The zero-order valence-electron chi connectivity index (χ0n) is 9.28.